The number of nitrogens with two attached hydrogens (primary N) is 1. The smallest absolute Gasteiger partial charge is 0.308 e. The highest BCUT2D eigenvalue weighted by Gasteiger charge is 2.41. The number of nitrogens with one attached hydrogen (secondary N) is 2. The first-order valence-corrected chi connectivity index (χ1v) is 13.6. The molecule has 1 saturated heterocycles. The van der Waals surface area contributed by atoms with E-state index in [2.05, 4.69) is 25.6 Å². The van der Waals surface area contributed by atoms with Crippen molar-refractivity contribution in [2.45, 2.75) is 66.4 Å². The van der Waals surface area contributed by atoms with Crippen LogP contribution in [0.1, 0.15) is 54.2 Å². The zero-order valence-corrected chi connectivity index (χ0v) is 24.1. The molecule has 0 saturated carbocycles. The molecule has 4 N–H and O–H groups in total. The van der Waals surface area contributed by atoms with Crippen LogP contribution in [0, 0.1) is 17.8 Å². The van der Waals surface area contributed by atoms with Crippen molar-refractivity contribution in [1.29, 1.82) is 0 Å². The summed E-state index contributed by atoms with van der Waals surface area (Å²) in [5.41, 5.74) is 8.02. The number of amides is 1. The van der Waals surface area contributed by atoms with Gasteiger partial charge >= 0.3 is 11.9 Å². The SMILES string of the molecule is CC(C)C(=O)Nc1nc(Nc2ccccc2N)c2ncn([C@H]3C[C@H](OC(=O)C(C)C)[C@@H](COC(=O)C(C)C)O3)c2n1. The standard InChI is InChI=1S/C28H37N7O6/c1-14(2)25(36)34-28-32-23(31-18-10-8-7-9-17(18)29)22-24(33-28)35(13-30-22)21-11-19(41-27(38)16(5)6)20(40-21)12-39-26(37)15(3)4/h7-10,13-16,19-21H,11-12,29H2,1-6H3,(H2,31,32,33,34,36)/t19-,20+,21+/m0/s1. The van der Waals surface area contributed by atoms with E-state index in [-0.39, 0.29) is 54.6 Å². The van der Waals surface area contributed by atoms with E-state index in [1.807, 2.05) is 12.1 Å². The Labute approximate surface area is 238 Å². The van der Waals surface area contributed by atoms with Gasteiger partial charge in [0.2, 0.25) is 11.9 Å². The van der Waals surface area contributed by atoms with Crippen LogP contribution < -0.4 is 16.4 Å². The number of ether oxygens (including phenoxy) is 3. The topological polar surface area (TPSA) is 173 Å². The number of hydrogen-bond acceptors (Lipinski definition) is 11. The molecule has 2 aromatic heterocycles. The third kappa shape index (κ3) is 6.91. The highest BCUT2D eigenvalue weighted by atomic mass is 16.6. The molecule has 0 radical (unpaired) electrons. The summed E-state index contributed by atoms with van der Waals surface area (Å²) in [7, 11) is 0. The Bertz CT molecular complexity index is 1420. The summed E-state index contributed by atoms with van der Waals surface area (Å²) in [6.45, 7) is 10.4. The predicted octanol–water partition coefficient (Wildman–Crippen LogP) is 3.80. The summed E-state index contributed by atoms with van der Waals surface area (Å²) < 4.78 is 19.1. The summed E-state index contributed by atoms with van der Waals surface area (Å²) in [5.74, 6) is -1.60. The van der Waals surface area contributed by atoms with Crippen LogP contribution in [0.5, 0.6) is 0 Å². The largest absolute Gasteiger partial charge is 0.463 e. The number of benzene rings is 1. The second-order valence-electron chi connectivity index (χ2n) is 10.9. The number of fused-ring (bicyclic) bond motifs is 1. The van der Waals surface area contributed by atoms with Crippen LogP contribution >= 0.6 is 0 Å². The molecule has 41 heavy (non-hydrogen) atoms. The highest BCUT2D eigenvalue weighted by Crippen LogP contribution is 2.35. The van der Waals surface area contributed by atoms with Crippen molar-refractivity contribution < 1.29 is 28.6 Å². The van der Waals surface area contributed by atoms with Gasteiger partial charge in [0.15, 0.2) is 17.0 Å². The van der Waals surface area contributed by atoms with Gasteiger partial charge in [0.05, 0.1) is 29.5 Å². The van der Waals surface area contributed by atoms with Crippen LogP contribution in [0.25, 0.3) is 11.2 Å². The molecule has 1 fully saturated rings. The molecule has 220 valence electrons. The Hall–Kier alpha value is -4.26. The van der Waals surface area contributed by atoms with Crippen LogP contribution in [0.4, 0.5) is 23.1 Å². The quantitative estimate of drug-likeness (QED) is 0.240. The van der Waals surface area contributed by atoms with Gasteiger partial charge < -0.3 is 25.3 Å². The normalized spacial score (nSPS) is 18.7. The molecule has 0 bridgehead atoms. The summed E-state index contributed by atoms with van der Waals surface area (Å²) in [4.78, 5) is 50.7. The highest BCUT2D eigenvalue weighted by molar-refractivity contribution is 5.93. The van der Waals surface area contributed by atoms with Crippen LogP contribution in [0.15, 0.2) is 30.6 Å². The number of nitrogen functional groups attached to an aromatic ring is 1. The number of anilines is 4. The number of para-hydroxylation sites is 2. The molecule has 1 aliphatic heterocycles. The van der Waals surface area contributed by atoms with Crippen LogP contribution in [-0.4, -0.2) is 56.2 Å². The third-order valence-corrected chi connectivity index (χ3v) is 6.49. The van der Waals surface area contributed by atoms with Crippen LogP contribution in [0.2, 0.25) is 0 Å². The fourth-order valence-corrected chi connectivity index (χ4v) is 4.02. The number of aromatic nitrogens is 4. The maximum absolute atomic E-state index is 12.5. The second kappa shape index (κ2) is 12.5. The van der Waals surface area contributed by atoms with Gasteiger partial charge in [-0.05, 0) is 12.1 Å². The molecule has 0 unspecified atom stereocenters. The summed E-state index contributed by atoms with van der Waals surface area (Å²) in [6.07, 6.45) is -0.227. The zero-order valence-electron chi connectivity index (χ0n) is 24.1. The van der Waals surface area contributed by atoms with Crippen molar-refractivity contribution in [1.82, 2.24) is 19.5 Å². The van der Waals surface area contributed by atoms with E-state index >= 15 is 0 Å². The van der Waals surface area contributed by atoms with E-state index in [4.69, 9.17) is 19.9 Å². The van der Waals surface area contributed by atoms with E-state index in [1.54, 1.807) is 64.6 Å². The average Bonchev–Trinajstić information content (AvgIpc) is 3.52. The molecule has 13 heteroatoms. The van der Waals surface area contributed by atoms with Gasteiger partial charge in [0.25, 0.3) is 0 Å². The first-order chi connectivity index (χ1) is 19.4. The zero-order chi connectivity index (χ0) is 29.8. The molecule has 3 heterocycles. The monoisotopic (exact) mass is 567 g/mol. The molecule has 0 spiro atoms. The van der Waals surface area contributed by atoms with Crippen molar-refractivity contribution in [2.75, 3.05) is 23.0 Å². The second-order valence-corrected chi connectivity index (χ2v) is 10.9. The molecule has 3 atom stereocenters. The first-order valence-electron chi connectivity index (χ1n) is 13.6. The minimum Gasteiger partial charge on any atom is -0.463 e. The van der Waals surface area contributed by atoms with E-state index in [9.17, 15) is 14.4 Å². The number of carbonyl (C=O) groups is 3. The number of esters is 2. The lowest BCUT2D eigenvalue weighted by Gasteiger charge is -2.20. The van der Waals surface area contributed by atoms with Gasteiger partial charge in [-0.25, -0.2) is 4.98 Å². The van der Waals surface area contributed by atoms with Crippen LogP contribution in [0.3, 0.4) is 0 Å². The summed E-state index contributed by atoms with van der Waals surface area (Å²) in [6, 6.07) is 7.18. The fraction of sp³-hybridized carbons (Fsp3) is 0.500. The first kappa shape index (κ1) is 29.7. The van der Waals surface area contributed by atoms with E-state index < -0.39 is 18.4 Å². The number of rotatable bonds is 10. The predicted molar refractivity (Wildman–Crippen MR) is 152 cm³/mol. The van der Waals surface area contributed by atoms with Gasteiger partial charge in [0, 0.05) is 12.3 Å². The van der Waals surface area contributed by atoms with E-state index in [1.165, 1.54) is 0 Å². The van der Waals surface area contributed by atoms with Gasteiger partial charge in [-0.2, -0.15) is 9.97 Å². The minimum absolute atomic E-state index is 0.0677. The lowest BCUT2D eigenvalue weighted by molar-refractivity contribution is -0.162. The lowest BCUT2D eigenvalue weighted by atomic mass is 10.1. The molecule has 1 aromatic carbocycles. The van der Waals surface area contributed by atoms with Crippen molar-refractivity contribution in [3.63, 3.8) is 0 Å². The minimum atomic E-state index is -0.702. The van der Waals surface area contributed by atoms with Crippen molar-refractivity contribution >= 4 is 52.2 Å². The molecule has 1 amide bonds. The molecule has 3 aromatic rings. The fourth-order valence-electron chi connectivity index (χ4n) is 4.02. The third-order valence-electron chi connectivity index (χ3n) is 6.49. The molecule has 4 rings (SSSR count). The Kier molecular flexibility index (Phi) is 9.06. The van der Waals surface area contributed by atoms with Gasteiger partial charge in [-0.1, -0.05) is 53.7 Å². The number of carbonyl (C=O) groups excluding carboxylic acids is 3. The van der Waals surface area contributed by atoms with E-state index in [0.717, 1.165) is 0 Å². The molecular weight excluding hydrogens is 530 g/mol. The maximum Gasteiger partial charge on any atom is 0.308 e. The Morgan fingerprint density at radius 3 is 2.41 bits per heavy atom. The molecule has 13 nitrogen and oxygen atoms in total. The van der Waals surface area contributed by atoms with Crippen molar-refractivity contribution in [3.8, 4) is 0 Å². The Balaban J connectivity index is 1.70. The van der Waals surface area contributed by atoms with Gasteiger partial charge in [-0.3, -0.25) is 24.3 Å². The van der Waals surface area contributed by atoms with Gasteiger partial charge in [-0.15, -0.1) is 0 Å². The van der Waals surface area contributed by atoms with E-state index in [0.29, 0.717) is 28.4 Å². The average molecular weight is 568 g/mol. The Morgan fingerprint density at radius 2 is 1.76 bits per heavy atom. The molecule has 0 aliphatic carbocycles. The number of imidazole rings is 1. The van der Waals surface area contributed by atoms with Crippen molar-refractivity contribution in [2.24, 2.45) is 17.8 Å². The summed E-state index contributed by atoms with van der Waals surface area (Å²) in [5, 5.41) is 5.93. The molecule has 1 aliphatic rings. The van der Waals surface area contributed by atoms with Crippen molar-refractivity contribution in [3.05, 3.63) is 30.6 Å². The Morgan fingerprint density at radius 1 is 1.05 bits per heavy atom. The van der Waals surface area contributed by atoms with Gasteiger partial charge in [0.1, 0.15) is 25.0 Å². The number of nitrogens with zero attached hydrogens (tertiary/aromatic N) is 4. The molecular formula is C28H37N7O6. The summed E-state index contributed by atoms with van der Waals surface area (Å²) >= 11 is 0. The van der Waals surface area contributed by atoms with Crippen LogP contribution in [-0.2, 0) is 28.6 Å². The lowest BCUT2D eigenvalue weighted by Crippen LogP contribution is -2.33. The number of hydrogen-bond donors (Lipinski definition) is 3. The maximum atomic E-state index is 12.5.